The highest BCUT2D eigenvalue weighted by Gasteiger charge is 2.17. The molecule has 0 spiro atoms. The van der Waals surface area contributed by atoms with E-state index in [2.05, 4.69) is 16.0 Å². The Bertz CT molecular complexity index is 835. The van der Waals surface area contributed by atoms with Crippen LogP contribution in [0, 0.1) is 0 Å². The van der Waals surface area contributed by atoms with Crippen molar-refractivity contribution in [1.82, 2.24) is 10.6 Å². The van der Waals surface area contributed by atoms with Gasteiger partial charge in [0.1, 0.15) is 18.5 Å². The Kier molecular flexibility index (Phi) is 8.83. The van der Waals surface area contributed by atoms with E-state index in [-0.39, 0.29) is 24.5 Å². The van der Waals surface area contributed by atoms with Crippen molar-refractivity contribution in [3.63, 3.8) is 0 Å². The fourth-order valence-electron chi connectivity index (χ4n) is 2.68. The van der Waals surface area contributed by atoms with Crippen LogP contribution in [0.1, 0.15) is 48.4 Å². The number of ether oxygens (including phenoxy) is 1. The molecule has 162 valence electrons. The van der Waals surface area contributed by atoms with Crippen molar-refractivity contribution in [3.05, 3.63) is 59.7 Å². The molecule has 0 bridgehead atoms. The molecule has 0 aromatic heterocycles. The van der Waals surface area contributed by atoms with Gasteiger partial charge in [-0.05, 0) is 50.2 Å². The van der Waals surface area contributed by atoms with Gasteiger partial charge in [-0.3, -0.25) is 9.59 Å². The first kappa shape index (κ1) is 23.4. The highest BCUT2D eigenvalue weighted by atomic mass is 16.5. The summed E-state index contributed by atoms with van der Waals surface area (Å²) in [7, 11) is 0. The summed E-state index contributed by atoms with van der Waals surface area (Å²) in [5, 5.41) is 18.7. The Morgan fingerprint density at radius 3 is 2.07 bits per heavy atom. The number of benzene rings is 2. The largest absolute Gasteiger partial charge is 0.491 e. The van der Waals surface area contributed by atoms with Crippen molar-refractivity contribution in [2.45, 2.75) is 45.9 Å². The number of rotatable bonds is 10. The van der Waals surface area contributed by atoms with Crippen LogP contribution in [0.15, 0.2) is 48.5 Å². The Labute approximate surface area is 177 Å². The number of anilines is 1. The van der Waals surface area contributed by atoms with E-state index in [0.29, 0.717) is 35.2 Å². The van der Waals surface area contributed by atoms with Crippen LogP contribution >= 0.6 is 0 Å². The lowest BCUT2D eigenvalue weighted by molar-refractivity contribution is 0.0931. The molecular formula is C23H31N3O4. The van der Waals surface area contributed by atoms with Crippen LogP contribution < -0.4 is 20.7 Å². The van der Waals surface area contributed by atoms with Gasteiger partial charge in [0.05, 0.1) is 11.1 Å². The van der Waals surface area contributed by atoms with Crippen molar-refractivity contribution in [2.75, 3.05) is 18.5 Å². The first-order chi connectivity index (χ1) is 14.3. The molecule has 30 heavy (non-hydrogen) atoms. The number of nitrogens with one attached hydrogen (secondary N) is 3. The fourth-order valence-corrected chi connectivity index (χ4v) is 2.68. The van der Waals surface area contributed by atoms with E-state index in [0.717, 1.165) is 0 Å². The topological polar surface area (TPSA) is 99.7 Å². The minimum atomic E-state index is -0.611. The van der Waals surface area contributed by atoms with Gasteiger partial charge in [-0.25, -0.2) is 0 Å². The SMILES string of the molecule is CC(C)NCC(O)COc1ccc(NC(=O)c2ccccc2C(=O)NC(C)C)cc1. The van der Waals surface area contributed by atoms with Crippen LogP contribution in [0.4, 0.5) is 5.69 Å². The second-order valence-corrected chi connectivity index (χ2v) is 7.68. The molecule has 2 aromatic carbocycles. The van der Waals surface area contributed by atoms with Crippen LogP contribution in [-0.4, -0.2) is 48.3 Å². The average molecular weight is 414 g/mol. The van der Waals surface area contributed by atoms with Gasteiger partial charge in [0.2, 0.25) is 0 Å². The zero-order valence-corrected chi connectivity index (χ0v) is 17.9. The lowest BCUT2D eigenvalue weighted by Crippen LogP contribution is -2.35. The van der Waals surface area contributed by atoms with E-state index in [1.165, 1.54) is 0 Å². The monoisotopic (exact) mass is 413 g/mol. The summed E-state index contributed by atoms with van der Waals surface area (Å²) in [6.07, 6.45) is -0.611. The Morgan fingerprint density at radius 2 is 1.50 bits per heavy atom. The van der Waals surface area contributed by atoms with Crippen LogP contribution in [-0.2, 0) is 0 Å². The third-order valence-corrected chi connectivity index (χ3v) is 4.15. The maximum absolute atomic E-state index is 12.7. The van der Waals surface area contributed by atoms with Gasteiger partial charge >= 0.3 is 0 Å². The molecule has 2 rings (SSSR count). The maximum Gasteiger partial charge on any atom is 0.256 e. The fraction of sp³-hybridized carbons (Fsp3) is 0.391. The third-order valence-electron chi connectivity index (χ3n) is 4.15. The van der Waals surface area contributed by atoms with Crippen LogP contribution in [0.2, 0.25) is 0 Å². The summed E-state index contributed by atoms with van der Waals surface area (Å²) in [5.41, 5.74) is 1.21. The minimum Gasteiger partial charge on any atom is -0.491 e. The van der Waals surface area contributed by atoms with Gasteiger partial charge in [0.25, 0.3) is 11.8 Å². The van der Waals surface area contributed by atoms with Gasteiger partial charge in [0.15, 0.2) is 0 Å². The Balaban J connectivity index is 1.96. The van der Waals surface area contributed by atoms with E-state index in [4.69, 9.17) is 4.74 Å². The molecule has 0 saturated carbocycles. The number of aliphatic hydroxyl groups is 1. The lowest BCUT2D eigenvalue weighted by Gasteiger charge is -2.15. The summed E-state index contributed by atoms with van der Waals surface area (Å²) in [6, 6.07) is 13.8. The van der Waals surface area contributed by atoms with Crippen LogP contribution in [0.3, 0.4) is 0 Å². The number of hydrogen-bond acceptors (Lipinski definition) is 5. The highest BCUT2D eigenvalue weighted by Crippen LogP contribution is 2.18. The molecule has 2 amide bonds. The quantitative estimate of drug-likeness (QED) is 0.480. The van der Waals surface area contributed by atoms with E-state index in [1.807, 2.05) is 27.7 Å². The molecule has 0 aliphatic heterocycles. The first-order valence-electron chi connectivity index (χ1n) is 10.1. The predicted molar refractivity (Wildman–Crippen MR) is 118 cm³/mol. The van der Waals surface area contributed by atoms with Crippen molar-refractivity contribution in [1.29, 1.82) is 0 Å². The second kappa shape index (κ2) is 11.3. The van der Waals surface area contributed by atoms with Gasteiger partial charge in [0, 0.05) is 24.3 Å². The average Bonchev–Trinajstić information content (AvgIpc) is 2.71. The molecule has 0 aliphatic carbocycles. The van der Waals surface area contributed by atoms with Gasteiger partial charge < -0.3 is 25.8 Å². The molecule has 1 atom stereocenters. The highest BCUT2D eigenvalue weighted by molar-refractivity contribution is 6.12. The van der Waals surface area contributed by atoms with E-state index in [9.17, 15) is 14.7 Å². The molecule has 2 aromatic rings. The molecule has 7 heteroatoms. The molecule has 1 unspecified atom stereocenters. The molecule has 0 heterocycles. The number of amides is 2. The number of hydrogen-bond donors (Lipinski definition) is 4. The predicted octanol–water partition coefficient (Wildman–Crippen LogP) is 2.81. The summed E-state index contributed by atoms with van der Waals surface area (Å²) in [5.74, 6) is -0.0633. The standard InChI is InChI=1S/C23H31N3O4/c1-15(2)24-13-18(27)14-30-19-11-9-17(10-12-19)26-23(29)21-8-6-5-7-20(21)22(28)25-16(3)4/h5-12,15-16,18,24,27H,13-14H2,1-4H3,(H,25,28)(H,26,29). The summed E-state index contributed by atoms with van der Waals surface area (Å²) in [6.45, 7) is 8.37. The number of carbonyl (C=O) groups excluding carboxylic acids is 2. The molecule has 4 N–H and O–H groups in total. The molecule has 0 aliphatic rings. The molecule has 7 nitrogen and oxygen atoms in total. The smallest absolute Gasteiger partial charge is 0.256 e. The molecule has 0 radical (unpaired) electrons. The summed E-state index contributed by atoms with van der Waals surface area (Å²) in [4.78, 5) is 25.0. The molecule has 0 fully saturated rings. The number of aliphatic hydroxyl groups excluding tert-OH is 1. The van der Waals surface area contributed by atoms with Crippen LogP contribution in [0.5, 0.6) is 5.75 Å². The van der Waals surface area contributed by atoms with Gasteiger partial charge in [-0.15, -0.1) is 0 Å². The van der Waals surface area contributed by atoms with Gasteiger partial charge in [-0.1, -0.05) is 26.0 Å². The first-order valence-corrected chi connectivity index (χ1v) is 10.1. The van der Waals surface area contributed by atoms with Gasteiger partial charge in [-0.2, -0.15) is 0 Å². The third kappa shape index (κ3) is 7.50. The van der Waals surface area contributed by atoms with Crippen molar-refractivity contribution < 1.29 is 19.4 Å². The van der Waals surface area contributed by atoms with Crippen molar-refractivity contribution in [3.8, 4) is 5.75 Å². The van der Waals surface area contributed by atoms with Crippen molar-refractivity contribution >= 4 is 17.5 Å². The zero-order valence-electron chi connectivity index (χ0n) is 17.9. The van der Waals surface area contributed by atoms with E-state index < -0.39 is 6.10 Å². The normalized spacial score (nSPS) is 12.0. The second-order valence-electron chi connectivity index (χ2n) is 7.68. The van der Waals surface area contributed by atoms with E-state index in [1.54, 1.807) is 48.5 Å². The molecular weight excluding hydrogens is 382 g/mol. The Hall–Kier alpha value is -2.90. The number of carbonyl (C=O) groups is 2. The lowest BCUT2D eigenvalue weighted by atomic mass is 10.1. The van der Waals surface area contributed by atoms with E-state index >= 15 is 0 Å². The van der Waals surface area contributed by atoms with Crippen molar-refractivity contribution in [2.24, 2.45) is 0 Å². The zero-order chi connectivity index (χ0) is 22.1. The Morgan fingerprint density at radius 1 is 0.900 bits per heavy atom. The summed E-state index contributed by atoms with van der Waals surface area (Å²) >= 11 is 0. The van der Waals surface area contributed by atoms with Crippen LogP contribution in [0.25, 0.3) is 0 Å². The minimum absolute atomic E-state index is 0.0270. The molecule has 0 saturated heterocycles. The summed E-state index contributed by atoms with van der Waals surface area (Å²) < 4.78 is 5.58. The maximum atomic E-state index is 12.7.